The van der Waals surface area contributed by atoms with Crippen LogP contribution in [0.25, 0.3) is 0 Å². The molecule has 158 valence electrons. The van der Waals surface area contributed by atoms with E-state index >= 15 is 0 Å². The number of piperazine rings is 1. The lowest BCUT2D eigenvalue weighted by molar-refractivity contribution is 0.0745. The number of aromatic nitrogens is 2. The lowest BCUT2D eigenvalue weighted by Gasteiger charge is -2.36. The van der Waals surface area contributed by atoms with Crippen molar-refractivity contribution < 1.29 is 9.59 Å². The summed E-state index contributed by atoms with van der Waals surface area (Å²) in [5, 5.41) is 0. The Labute approximate surface area is 177 Å². The number of anilines is 2. The number of likely N-dealkylation sites (N-methyl/N-ethyl adjacent to an activating group) is 1. The van der Waals surface area contributed by atoms with Gasteiger partial charge in [-0.2, -0.15) is 0 Å². The third-order valence-corrected chi connectivity index (χ3v) is 5.85. The lowest BCUT2D eigenvalue weighted by Crippen LogP contribution is -2.49. The van der Waals surface area contributed by atoms with Crippen LogP contribution in [0.4, 0.5) is 16.4 Å². The van der Waals surface area contributed by atoms with E-state index in [2.05, 4.69) is 27.9 Å². The molecular weight excluding hydrogens is 380 g/mol. The van der Waals surface area contributed by atoms with Crippen LogP contribution < -0.4 is 9.80 Å². The second kappa shape index (κ2) is 7.93. The fraction of sp³-hybridized carbons (Fsp3) is 0.455. The fourth-order valence-corrected chi connectivity index (χ4v) is 4.11. The predicted molar refractivity (Wildman–Crippen MR) is 116 cm³/mol. The molecule has 2 aromatic rings. The van der Waals surface area contributed by atoms with Crippen molar-refractivity contribution in [3.8, 4) is 0 Å². The van der Waals surface area contributed by atoms with Gasteiger partial charge in [-0.15, -0.1) is 0 Å². The Morgan fingerprint density at radius 2 is 1.73 bits per heavy atom. The molecule has 0 saturated carbocycles. The number of pyridine rings is 2. The second-order valence-corrected chi connectivity index (χ2v) is 8.09. The number of hydrogen-bond donors (Lipinski definition) is 0. The molecule has 8 heteroatoms. The van der Waals surface area contributed by atoms with E-state index in [1.54, 1.807) is 29.0 Å². The molecule has 0 unspecified atom stereocenters. The third-order valence-electron chi connectivity index (χ3n) is 5.85. The summed E-state index contributed by atoms with van der Waals surface area (Å²) in [6.45, 7) is 10.0. The molecule has 2 fully saturated rings. The Morgan fingerprint density at radius 3 is 2.33 bits per heavy atom. The number of aryl methyl sites for hydroxylation is 3. The minimum absolute atomic E-state index is 0.00958. The summed E-state index contributed by atoms with van der Waals surface area (Å²) in [4.78, 5) is 41.8. The standard InChI is InChI=1S/C22H28N6O2/c1-15-13-16(2)20(23-14-15)26-8-10-27(11-9-26)21(29)18-5-6-19(24-17(18)3)28-12-7-25(4)22(28)30/h5-6,13-14H,7-12H2,1-4H3. The average molecular weight is 409 g/mol. The Hall–Kier alpha value is -3.16. The predicted octanol–water partition coefficient (Wildman–Crippen LogP) is 2.24. The summed E-state index contributed by atoms with van der Waals surface area (Å²) in [5.41, 5.74) is 3.56. The number of amides is 3. The molecular formula is C22H28N6O2. The number of urea groups is 1. The van der Waals surface area contributed by atoms with Crippen molar-refractivity contribution in [2.75, 3.05) is 56.1 Å². The number of carbonyl (C=O) groups excluding carboxylic acids is 2. The maximum Gasteiger partial charge on any atom is 0.325 e. The molecule has 0 spiro atoms. The molecule has 4 heterocycles. The molecule has 0 atom stereocenters. The molecule has 0 radical (unpaired) electrons. The molecule has 0 aromatic carbocycles. The van der Waals surface area contributed by atoms with E-state index < -0.39 is 0 Å². The molecule has 2 aliphatic heterocycles. The zero-order valence-corrected chi connectivity index (χ0v) is 18.1. The zero-order chi connectivity index (χ0) is 21.4. The second-order valence-electron chi connectivity index (χ2n) is 8.09. The molecule has 0 bridgehead atoms. The molecule has 2 aliphatic rings. The van der Waals surface area contributed by atoms with Gasteiger partial charge in [0.05, 0.1) is 11.3 Å². The van der Waals surface area contributed by atoms with Gasteiger partial charge in [0.2, 0.25) is 0 Å². The first-order chi connectivity index (χ1) is 14.3. The molecule has 2 aromatic heterocycles. The van der Waals surface area contributed by atoms with E-state index in [4.69, 9.17) is 0 Å². The van der Waals surface area contributed by atoms with Crippen molar-refractivity contribution in [3.63, 3.8) is 0 Å². The quantitative estimate of drug-likeness (QED) is 0.779. The molecule has 30 heavy (non-hydrogen) atoms. The highest BCUT2D eigenvalue weighted by atomic mass is 16.2. The average Bonchev–Trinajstić information content (AvgIpc) is 3.06. The molecule has 0 aliphatic carbocycles. The monoisotopic (exact) mass is 408 g/mol. The fourth-order valence-electron chi connectivity index (χ4n) is 4.11. The number of carbonyl (C=O) groups is 2. The summed E-state index contributed by atoms with van der Waals surface area (Å²) in [6.07, 6.45) is 1.89. The first-order valence-electron chi connectivity index (χ1n) is 10.3. The molecule has 3 amide bonds. The van der Waals surface area contributed by atoms with Crippen LogP contribution in [-0.4, -0.2) is 78.0 Å². The van der Waals surface area contributed by atoms with Crippen molar-refractivity contribution in [2.24, 2.45) is 0 Å². The topological polar surface area (TPSA) is 72.9 Å². The van der Waals surface area contributed by atoms with Crippen LogP contribution in [0.15, 0.2) is 24.4 Å². The van der Waals surface area contributed by atoms with Crippen molar-refractivity contribution in [2.45, 2.75) is 20.8 Å². The van der Waals surface area contributed by atoms with Crippen molar-refractivity contribution in [1.82, 2.24) is 19.8 Å². The molecule has 4 rings (SSSR count). The van der Waals surface area contributed by atoms with Gasteiger partial charge in [0.1, 0.15) is 11.6 Å². The first-order valence-corrected chi connectivity index (χ1v) is 10.3. The normalized spacial score (nSPS) is 17.1. The summed E-state index contributed by atoms with van der Waals surface area (Å²) >= 11 is 0. The van der Waals surface area contributed by atoms with E-state index in [1.165, 1.54) is 0 Å². The smallest absolute Gasteiger partial charge is 0.325 e. The number of hydrogen-bond acceptors (Lipinski definition) is 5. The van der Waals surface area contributed by atoms with Gasteiger partial charge in [0.15, 0.2) is 0 Å². The van der Waals surface area contributed by atoms with E-state index in [0.29, 0.717) is 43.3 Å². The van der Waals surface area contributed by atoms with E-state index in [9.17, 15) is 9.59 Å². The van der Waals surface area contributed by atoms with E-state index in [-0.39, 0.29) is 11.9 Å². The van der Waals surface area contributed by atoms with Gasteiger partial charge in [-0.3, -0.25) is 9.69 Å². The van der Waals surface area contributed by atoms with Gasteiger partial charge >= 0.3 is 6.03 Å². The van der Waals surface area contributed by atoms with Crippen LogP contribution in [0.5, 0.6) is 0 Å². The molecule has 8 nitrogen and oxygen atoms in total. The van der Waals surface area contributed by atoms with Gasteiger partial charge in [-0.05, 0) is 44.0 Å². The number of nitrogens with zero attached hydrogens (tertiary/aromatic N) is 6. The van der Waals surface area contributed by atoms with E-state index in [0.717, 1.165) is 30.0 Å². The Balaban J connectivity index is 1.43. The maximum atomic E-state index is 13.1. The zero-order valence-electron chi connectivity index (χ0n) is 18.1. The highest BCUT2D eigenvalue weighted by Gasteiger charge is 2.29. The van der Waals surface area contributed by atoms with E-state index in [1.807, 2.05) is 24.9 Å². The van der Waals surface area contributed by atoms with Crippen LogP contribution in [0.3, 0.4) is 0 Å². The largest absolute Gasteiger partial charge is 0.353 e. The van der Waals surface area contributed by atoms with Crippen LogP contribution in [0, 0.1) is 20.8 Å². The van der Waals surface area contributed by atoms with Crippen molar-refractivity contribution >= 4 is 23.6 Å². The van der Waals surface area contributed by atoms with Crippen LogP contribution in [0.2, 0.25) is 0 Å². The first kappa shape index (κ1) is 20.1. The highest BCUT2D eigenvalue weighted by molar-refractivity contribution is 5.97. The summed E-state index contributed by atoms with van der Waals surface area (Å²) in [6, 6.07) is 5.65. The van der Waals surface area contributed by atoms with Crippen LogP contribution in [0.1, 0.15) is 27.2 Å². The minimum Gasteiger partial charge on any atom is -0.353 e. The highest BCUT2D eigenvalue weighted by Crippen LogP contribution is 2.22. The maximum absolute atomic E-state index is 13.1. The van der Waals surface area contributed by atoms with Gasteiger partial charge in [-0.25, -0.2) is 14.8 Å². The van der Waals surface area contributed by atoms with Crippen LogP contribution >= 0.6 is 0 Å². The van der Waals surface area contributed by atoms with Gasteiger partial charge in [-0.1, -0.05) is 6.07 Å². The van der Waals surface area contributed by atoms with Gasteiger partial charge in [0, 0.05) is 52.5 Å². The molecule has 2 saturated heterocycles. The third kappa shape index (κ3) is 3.69. The Bertz CT molecular complexity index is 984. The molecule has 0 N–H and O–H groups in total. The summed E-state index contributed by atoms with van der Waals surface area (Å²) < 4.78 is 0. The van der Waals surface area contributed by atoms with Crippen molar-refractivity contribution in [1.29, 1.82) is 0 Å². The lowest BCUT2D eigenvalue weighted by atomic mass is 10.1. The SMILES string of the molecule is Cc1cnc(N2CCN(C(=O)c3ccc(N4CCN(C)C4=O)nc3C)CC2)c(C)c1. The minimum atomic E-state index is -0.0582. The summed E-state index contributed by atoms with van der Waals surface area (Å²) in [7, 11) is 1.78. The van der Waals surface area contributed by atoms with Crippen LogP contribution in [-0.2, 0) is 0 Å². The summed E-state index contributed by atoms with van der Waals surface area (Å²) in [5.74, 6) is 1.59. The van der Waals surface area contributed by atoms with Gasteiger partial charge in [0.25, 0.3) is 5.91 Å². The Morgan fingerprint density at radius 1 is 1.00 bits per heavy atom. The van der Waals surface area contributed by atoms with Crippen molar-refractivity contribution in [3.05, 3.63) is 46.8 Å². The van der Waals surface area contributed by atoms with Gasteiger partial charge < -0.3 is 14.7 Å². The number of rotatable bonds is 3. The Kier molecular flexibility index (Phi) is 5.32.